The lowest BCUT2D eigenvalue weighted by Gasteiger charge is -2.35. The molecule has 0 aliphatic heterocycles. The summed E-state index contributed by atoms with van der Waals surface area (Å²) in [7, 11) is 2.14. The quantitative estimate of drug-likeness (QED) is 0.766. The molecule has 1 aliphatic rings. The minimum absolute atomic E-state index is 0.651. The molecule has 0 aromatic heterocycles. The van der Waals surface area contributed by atoms with Gasteiger partial charge in [0, 0.05) is 19.6 Å². The van der Waals surface area contributed by atoms with E-state index in [9.17, 15) is 0 Å². The summed E-state index contributed by atoms with van der Waals surface area (Å²) in [5.41, 5.74) is 0. The summed E-state index contributed by atoms with van der Waals surface area (Å²) in [6, 6.07) is 0.656. The Bertz CT molecular complexity index is 220. The fraction of sp³-hybridized carbons (Fsp3) is 0.923. The summed E-state index contributed by atoms with van der Waals surface area (Å²) in [6.07, 6.45) is 5.28. The van der Waals surface area contributed by atoms with Crippen LogP contribution in [-0.2, 0) is 0 Å². The van der Waals surface area contributed by atoms with E-state index in [0.717, 1.165) is 17.6 Å². The largest absolute Gasteiger partial charge is 0.362 e. The second-order valence-corrected chi connectivity index (χ2v) is 5.99. The summed E-state index contributed by atoms with van der Waals surface area (Å²) in [4.78, 5) is 2.27. The van der Waals surface area contributed by atoms with Crippen LogP contribution in [0.5, 0.6) is 0 Å². The summed E-state index contributed by atoms with van der Waals surface area (Å²) in [5.74, 6) is 1.56. The Kier molecular flexibility index (Phi) is 5.53. The molecule has 1 rings (SSSR count). The van der Waals surface area contributed by atoms with Gasteiger partial charge in [0.15, 0.2) is 5.11 Å². The van der Waals surface area contributed by atoms with Crippen molar-refractivity contribution >= 4 is 17.3 Å². The highest BCUT2D eigenvalue weighted by molar-refractivity contribution is 7.80. The Morgan fingerprint density at radius 3 is 2.38 bits per heavy atom. The zero-order chi connectivity index (χ0) is 12.1. The smallest absolute Gasteiger partial charge is 0.168 e. The maximum atomic E-state index is 5.42. The minimum atomic E-state index is 0.651. The van der Waals surface area contributed by atoms with Crippen LogP contribution in [0.25, 0.3) is 0 Å². The van der Waals surface area contributed by atoms with Crippen LogP contribution in [0.15, 0.2) is 0 Å². The van der Waals surface area contributed by atoms with E-state index in [1.807, 2.05) is 0 Å². The van der Waals surface area contributed by atoms with Gasteiger partial charge >= 0.3 is 0 Å². The van der Waals surface area contributed by atoms with Gasteiger partial charge < -0.3 is 10.2 Å². The second-order valence-electron chi connectivity index (χ2n) is 5.60. The maximum Gasteiger partial charge on any atom is 0.168 e. The number of nitrogens with one attached hydrogen (secondary N) is 1. The van der Waals surface area contributed by atoms with Gasteiger partial charge in [0.2, 0.25) is 0 Å². The van der Waals surface area contributed by atoms with Crippen LogP contribution in [0.3, 0.4) is 0 Å². The Hall–Kier alpha value is -0.310. The van der Waals surface area contributed by atoms with E-state index in [1.54, 1.807) is 0 Å². The van der Waals surface area contributed by atoms with Crippen molar-refractivity contribution in [3.63, 3.8) is 0 Å². The molecule has 1 fully saturated rings. The predicted octanol–water partition coefficient (Wildman–Crippen LogP) is 3.03. The second kappa shape index (κ2) is 6.43. The fourth-order valence-corrected chi connectivity index (χ4v) is 2.44. The highest BCUT2D eigenvalue weighted by Gasteiger charge is 2.22. The number of rotatable bonds is 3. The van der Waals surface area contributed by atoms with Crippen molar-refractivity contribution in [1.82, 2.24) is 10.2 Å². The summed E-state index contributed by atoms with van der Waals surface area (Å²) in [6.45, 7) is 7.74. The third kappa shape index (κ3) is 4.28. The fourth-order valence-electron chi connectivity index (χ4n) is 2.21. The maximum absolute atomic E-state index is 5.42. The van der Waals surface area contributed by atoms with Crippen molar-refractivity contribution < 1.29 is 0 Å². The SMILES string of the molecule is CC(C)CNC(=S)N(C)C1CCC(C)CC1. The standard InChI is InChI=1S/C13H26N2S/c1-10(2)9-14-13(16)15(4)12-7-5-11(3)6-8-12/h10-12H,5-9H2,1-4H3,(H,14,16). The molecule has 94 valence electrons. The summed E-state index contributed by atoms with van der Waals surface area (Å²) in [5, 5.41) is 4.27. The van der Waals surface area contributed by atoms with Crippen LogP contribution in [-0.4, -0.2) is 29.6 Å². The molecule has 0 heterocycles. The Balaban J connectivity index is 2.32. The minimum Gasteiger partial charge on any atom is -0.362 e. The summed E-state index contributed by atoms with van der Waals surface area (Å²) >= 11 is 5.42. The Labute approximate surface area is 106 Å². The molecular formula is C13H26N2S. The molecule has 2 nitrogen and oxygen atoms in total. The van der Waals surface area contributed by atoms with Gasteiger partial charge in [-0.2, -0.15) is 0 Å². The average Bonchev–Trinajstić information content (AvgIpc) is 2.26. The van der Waals surface area contributed by atoms with Crippen LogP contribution >= 0.6 is 12.2 Å². The summed E-state index contributed by atoms with van der Waals surface area (Å²) < 4.78 is 0. The van der Waals surface area contributed by atoms with E-state index in [0.29, 0.717) is 12.0 Å². The zero-order valence-electron chi connectivity index (χ0n) is 11.1. The molecule has 0 saturated heterocycles. The monoisotopic (exact) mass is 242 g/mol. The molecule has 16 heavy (non-hydrogen) atoms. The van der Waals surface area contributed by atoms with Gasteiger partial charge in [0.05, 0.1) is 0 Å². The van der Waals surface area contributed by atoms with Crippen LogP contribution in [0, 0.1) is 11.8 Å². The molecule has 1 saturated carbocycles. The van der Waals surface area contributed by atoms with Crippen molar-refractivity contribution in [3.05, 3.63) is 0 Å². The number of hydrogen-bond acceptors (Lipinski definition) is 1. The van der Waals surface area contributed by atoms with Crippen molar-refractivity contribution in [2.75, 3.05) is 13.6 Å². The van der Waals surface area contributed by atoms with Gasteiger partial charge in [-0.25, -0.2) is 0 Å². The molecule has 0 atom stereocenters. The van der Waals surface area contributed by atoms with Crippen LogP contribution < -0.4 is 5.32 Å². The van der Waals surface area contributed by atoms with Crippen LogP contribution in [0.2, 0.25) is 0 Å². The highest BCUT2D eigenvalue weighted by atomic mass is 32.1. The average molecular weight is 242 g/mol. The van der Waals surface area contributed by atoms with Gasteiger partial charge in [0.1, 0.15) is 0 Å². The molecule has 0 aromatic carbocycles. The number of nitrogens with zero attached hydrogens (tertiary/aromatic N) is 1. The first kappa shape index (κ1) is 13.8. The van der Waals surface area contributed by atoms with Crippen LogP contribution in [0.1, 0.15) is 46.5 Å². The van der Waals surface area contributed by atoms with E-state index in [2.05, 4.69) is 38.0 Å². The van der Waals surface area contributed by atoms with Crippen molar-refractivity contribution in [2.45, 2.75) is 52.5 Å². The van der Waals surface area contributed by atoms with Gasteiger partial charge in [-0.3, -0.25) is 0 Å². The van der Waals surface area contributed by atoms with E-state index in [1.165, 1.54) is 25.7 Å². The molecule has 0 unspecified atom stereocenters. The van der Waals surface area contributed by atoms with Gasteiger partial charge in [-0.1, -0.05) is 20.8 Å². The molecule has 1 N–H and O–H groups in total. The molecule has 1 aliphatic carbocycles. The zero-order valence-corrected chi connectivity index (χ0v) is 11.9. The third-order valence-corrected chi connectivity index (χ3v) is 3.95. The van der Waals surface area contributed by atoms with E-state index < -0.39 is 0 Å². The lowest BCUT2D eigenvalue weighted by molar-refractivity contribution is 0.237. The van der Waals surface area contributed by atoms with Crippen LogP contribution in [0.4, 0.5) is 0 Å². The molecule has 3 heteroatoms. The lowest BCUT2D eigenvalue weighted by atomic mass is 9.87. The lowest BCUT2D eigenvalue weighted by Crippen LogP contribution is -2.45. The highest BCUT2D eigenvalue weighted by Crippen LogP contribution is 2.26. The molecular weight excluding hydrogens is 216 g/mol. The van der Waals surface area contributed by atoms with Gasteiger partial charge in [-0.05, 0) is 49.7 Å². The van der Waals surface area contributed by atoms with E-state index in [-0.39, 0.29) is 0 Å². The predicted molar refractivity (Wildman–Crippen MR) is 74.6 cm³/mol. The normalized spacial score (nSPS) is 25.6. The Morgan fingerprint density at radius 2 is 1.88 bits per heavy atom. The first-order valence-corrected chi connectivity index (χ1v) is 6.92. The van der Waals surface area contributed by atoms with E-state index >= 15 is 0 Å². The third-order valence-electron chi connectivity index (χ3n) is 3.51. The van der Waals surface area contributed by atoms with Gasteiger partial charge in [-0.15, -0.1) is 0 Å². The molecule has 0 amide bonds. The molecule has 0 spiro atoms. The molecule has 0 aromatic rings. The van der Waals surface area contributed by atoms with Crippen molar-refractivity contribution in [1.29, 1.82) is 0 Å². The first-order valence-electron chi connectivity index (χ1n) is 6.51. The Morgan fingerprint density at radius 1 is 1.31 bits per heavy atom. The first-order chi connectivity index (χ1) is 7.50. The number of thiocarbonyl (C=S) groups is 1. The van der Waals surface area contributed by atoms with Crippen molar-refractivity contribution in [2.24, 2.45) is 11.8 Å². The topological polar surface area (TPSA) is 15.3 Å². The number of hydrogen-bond donors (Lipinski definition) is 1. The molecule has 0 radical (unpaired) electrons. The molecule has 0 bridgehead atoms. The van der Waals surface area contributed by atoms with Gasteiger partial charge in [0.25, 0.3) is 0 Å². The van der Waals surface area contributed by atoms with E-state index in [4.69, 9.17) is 12.2 Å². The van der Waals surface area contributed by atoms with Crippen molar-refractivity contribution in [3.8, 4) is 0 Å².